The molecule has 0 bridgehead atoms. The van der Waals surface area contributed by atoms with E-state index in [-0.39, 0.29) is 6.03 Å². The fraction of sp³-hybridized carbons (Fsp3) is 0.304. The molecule has 2 aromatic carbocycles. The highest BCUT2D eigenvalue weighted by molar-refractivity contribution is 7.13. The number of nitrogens with zero attached hydrogens (tertiary/aromatic N) is 3. The quantitative estimate of drug-likeness (QED) is 0.593. The third-order valence-electron chi connectivity index (χ3n) is 5.27. The van der Waals surface area contributed by atoms with E-state index in [0.29, 0.717) is 24.7 Å². The zero-order valence-corrected chi connectivity index (χ0v) is 19.0. The van der Waals surface area contributed by atoms with Gasteiger partial charge in [-0.25, -0.2) is 9.78 Å². The van der Waals surface area contributed by atoms with Crippen molar-refractivity contribution >= 4 is 29.0 Å². The van der Waals surface area contributed by atoms with Crippen molar-refractivity contribution in [1.82, 2.24) is 20.1 Å². The number of aromatic nitrogens is 1. The number of piperazine rings is 1. The minimum Gasteiger partial charge on any atom is -0.497 e. The number of amides is 2. The summed E-state index contributed by atoms with van der Waals surface area (Å²) in [4.78, 5) is 21.5. The molecule has 2 heterocycles. The van der Waals surface area contributed by atoms with Crippen LogP contribution in [0.3, 0.4) is 0 Å². The minimum atomic E-state index is -0.0323. The summed E-state index contributed by atoms with van der Waals surface area (Å²) in [5, 5.41) is 6.78. The maximum atomic E-state index is 12.5. The molecular weight excluding hydrogens is 432 g/mol. The van der Waals surface area contributed by atoms with E-state index in [2.05, 4.69) is 15.6 Å². The van der Waals surface area contributed by atoms with Crippen molar-refractivity contribution in [2.75, 3.05) is 33.3 Å². The Kier molecular flexibility index (Phi) is 7.06. The van der Waals surface area contributed by atoms with Crippen LogP contribution in [0.15, 0.2) is 53.9 Å². The normalized spacial score (nSPS) is 14.5. The zero-order chi connectivity index (χ0) is 21.6. The van der Waals surface area contributed by atoms with Crippen molar-refractivity contribution in [2.45, 2.75) is 13.1 Å². The molecular formula is C23H25ClN4O2S. The molecule has 1 aliphatic heterocycles. The van der Waals surface area contributed by atoms with Crippen molar-refractivity contribution in [3.8, 4) is 16.3 Å². The predicted molar refractivity (Wildman–Crippen MR) is 125 cm³/mol. The lowest BCUT2D eigenvalue weighted by Crippen LogP contribution is -2.51. The van der Waals surface area contributed by atoms with E-state index in [1.54, 1.807) is 18.4 Å². The number of hydrogen-bond donors (Lipinski definition) is 1. The molecule has 2 amide bonds. The SMILES string of the molecule is COc1ccc(-c2nc(CN3CCN(C(=O)NCc4cccc(Cl)c4)CC3)cs2)cc1. The van der Waals surface area contributed by atoms with Gasteiger partial charge < -0.3 is 15.0 Å². The van der Waals surface area contributed by atoms with Crippen molar-refractivity contribution < 1.29 is 9.53 Å². The van der Waals surface area contributed by atoms with Gasteiger partial charge >= 0.3 is 6.03 Å². The van der Waals surface area contributed by atoms with Crippen LogP contribution in [0.4, 0.5) is 4.79 Å². The Bertz CT molecular complexity index is 1020. The van der Waals surface area contributed by atoms with Crippen LogP contribution in [-0.2, 0) is 13.1 Å². The predicted octanol–water partition coefficient (Wildman–Crippen LogP) is 4.50. The molecule has 31 heavy (non-hydrogen) atoms. The van der Waals surface area contributed by atoms with Crippen molar-refractivity contribution in [2.24, 2.45) is 0 Å². The van der Waals surface area contributed by atoms with Crippen LogP contribution < -0.4 is 10.1 Å². The lowest BCUT2D eigenvalue weighted by Gasteiger charge is -2.34. The molecule has 0 atom stereocenters. The van der Waals surface area contributed by atoms with Gasteiger partial charge in [0.2, 0.25) is 0 Å². The topological polar surface area (TPSA) is 57.7 Å². The zero-order valence-electron chi connectivity index (χ0n) is 17.4. The van der Waals surface area contributed by atoms with E-state index in [1.807, 2.05) is 53.4 Å². The Morgan fingerprint density at radius 1 is 1.16 bits per heavy atom. The maximum absolute atomic E-state index is 12.5. The average Bonchev–Trinajstić information content (AvgIpc) is 3.26. The number of carbonyl (C=O) groups is 1. The molecule has 3 aromatic rings. The Balaban J connectivity index is 1.24. The molecule has 162 valence electrons. The molecule has 0 aliphatic carbocycles. The van der Waals surface area contributed by atoms with Gasteiger partial charge in [-0.15, -0.1) is 11.3 Å². The summed E-state index contributed by atoms with van der Waals surface area (Å²) in [6.07, 6.45) is 0. The summed E-state index contributed by atoms with van der Waals surface area (Å²) >= 11 is 7.65. The van der Waals surface area contributed by atoms with Gasteiger partial charge in [0, 0.05) is 55.2 Å². The number of methoxy groups -OCH3 is 1. The van der Waals surface area contributed by atoms with Crippen LogP contribution in [0.1, 0.15) is 11.3 Å². The number of thiazole rings is 1. The smallest absolute Gasteiger partial charge is 0.317 e. The standard InChI is InChI=1S/C23H25ClN4O2S/c1-30-21-7-5-18(6-8-21)22-26-20(16-31-22)15-27-9-11-28(12-10-27)23(29)25-14-17-3-2-4-19(24)13-17/h2-8,13,16H,9-12,14-15H2,1H3,(H,25,29). The summed E-state index contributed by atoms with van der Waals surface area (Å²) in [6, 6.07) is 15.5. The lowest BCUT2D eigenvalue weighted by molar-refractivity contribution is 0.134. The molecule has 8 heteroatoms. The Morgan fingerprint density at radius 2 is 1.94 bits per heavy atom. The van der Waals surface area contributed by atoms with Crippen LogP contribution in [0, 0.1) is 0 Å². The van der Waals surface area contributed by atoms with Crippen molar-refractivity contribution in [1.29, 1.82) is 0 Å². The van der Waals surface area contributed by atoms with Gasteiger partial charge in [0.1, 0.15) is 10.8 Å². The maximum Gasteiger partial charge on any atom is 0.317 e. The van der Waals surface area contributed by atoms with Gasteiger partial charge in [0.25, 0.3) is 0 Å². The van der Waals surface area contributed by atoms with Crippen molar-refractivity contribution in [3.63, 3.8) is 0 Å². The highest BCUT2D eigenvalue weighted by Gasteiger charge is 2.21. The molecule has 1 saturated heterocycles. The van der Waals surface area contributed by atoms with E-state index < -0.39 is 0 Å². The monoisotopic (exact) mass is 456 g/mol. The van der Waals surface area contributed by atoms with Gasteiger partial charge in [0.15, 0.2) is 0 Å². The summed E-state index contributed by atoms with van der Waals surface area (Å²) in [6.45, 7) is 4.35. The number of urea groups is 1. The third-order valence-corrected chi connectivity index (χ3v) is 6.44. The molecule has 0 unspecified atom stereocenters. The van der Waals surface area contributed by atoms with E-state index >= 15 is 0 Å². The first-order valence-electron chi connectivity index (χ1n) is 10.2. The number of benzene rings is 2. The van der Waals surface area contributed by atoms with Crippen LogP contribution in [0.5, 0.6) is 5.75 Å². The minimum absolute atomic E-state index is 0.0323. The summed E-state index contributed by atoms with van der Waals surface area (Å²) in [5.74, 6) is 0.843. The van der Waals surface area contributed by atoms with Crippen LogP contribution in [0.2, 0.25) is 5.02 Å². The first-order chi connectivity index (χ1) is 15.1. The molecule has 0 radical (unpaired) electrons. The number of ether oxygens (including phenoxy) is 1. The first kappa shape index (κ1) is 21.6. The second kappa shape index (κ2) is 10.1. The summed E-state index contributed by atoms with van der Waals surface area (Å²) in [7, 11) is 1.67. The molecule has 0 saturated carbocycles. The van der Waals surface area contributed by atoms with Crippen LogP contribution in [0.25, 0.3) is 10.6 Å². The average molecular weight is 457 g/mol. The van der Waals surface area contributed by atoms with Gasteiger partial charge in [-0.3, -0.25) is 4.90 Å². The molecule has 1 aliphatic rings. The molecule has 0 spiro atoms. The highest BCUT2D eigenvalue weighted by Crippen LogP contribution is 2.26. The van der Waals surface area contributed by atoms with Gasteiger partial charge in [0.05, 0.1) is 12.8 Å². The number of carbonyl (C=O) groups excluding carboxylic acids is 1. The summed E-state index contributed by atoms with van der Waals surface area (Å²) < 4.78 is 5.22. The molecule has 6 nitrogen and oxygen atoms in total. The van der Waals surface area contributed by atoms with E-state index in [4.69, 9.17) is 21.3 Å². The fourth-order valence-corrected chi connectivity index (χ4v) is 4.55. The van der Waals surface area contributed by atoms with Crippen LogP contribution >= 0.6 is 22.9 Å². The van der Waals surface area contributed by atoms with E-state index in [1.165, 1.54) is 0 Å². The molecule has 1 fully saturated rings. The van der Waals surface area contributed by atoms with Crippen molar-refractivity contribution in [3.05, 3.63) is 70.2 Å². The number of halogens is 1. The largest absolute Gasteiger partial charge is 0.497 e. The molecule has 1 aromatic heterocycles. The molecule has 4 rings (SSSR count). The second-order valence-corrected chi connectivity index (χ2v) is 8.72. The number of nitrogens with one attached hydrogen (secondary N) is 1. The third kappa shape index (κ3) is 5.76. The Labute approximate surface area is 191 Å². The van der Waals surface area contributed by atoms with Gasteiger partial charge in [-0.05, 0) is 42.0 Å². The van der Waals surface area contributed by atoms with E-state index in [0.717, 1.165) is 47.2 Å². The van der Waals surface area contributed by atoms with E-state index in [9.17, 15) is 4.79 Å². The van der Waals surface area contributed by atoms with Gasteiger partial charge in [-0.1, -0.05) is 23.7 Å². The summed E-state index contributed by atoms with van der Waals surface area (Å²) in [5.41, 5.74) is 3.16. The Hall–Kier alpha value is -2.61. The Morgan fingerprint density at radius 3 is 2.65 bits per heavy atom. The second-order valence-electron chi connectivity index (χ2n) is 7.42. The fourth-order valence-electron chi connectivity index (χ4n) is 3.52. The number of hydrogen-bond acceptors (Lipinski definition) is 5. The molecule has 1 N–H and O–H groups in total. The highest BCUT2D eigenvalue weighted by atomic mass is 35.5. The van der Waals surface area contributed by atoms with Gasteiger partial charge in [-0.2, -0.15) is 0 Å². The lowest BCUT2D eigenvalue weighted by atomic mass is 10.2. The number of rotatable bonds is 6. The first-order valence-corrected chi connectivity index (χ1v) is 11.4. The van der Waals surface area contributed by atoms with Crippen LogP contribution in [-0.4, -0.2) is 54.1 Å².